The van der Waals surface area contributed by atoms with Crippen molar-refractivity contribution in [2.45, 2.75) is 6.54 Å². The summed E-state index contributed by atoms with van der Waals surface area (Å²) < 4.78 is 0. The van der Waals surface area contributed by atoms with E-state index in [4.69, 9.17) is 11.0 Å². The molecule has 4 nitrogen and oxygen atoms in total. The van der Waals surface area contributed by atoms with Gasteiger partial charge in [-0.1, -0.05) is 18.2 Å². The molecular weight excluding hydrogens is 212 g/mol. The van der Waals surface area contributed by atoms with Crippen molar-refractivity contribution in [1.29, 1.82) is 5.26 Å². The van der Waals surface area contributed by atoms with Crippen molar-refractivity contribution in [3.05, 3.63) is 53.9 Å². The molecule has 3 N–H and O–H groups in total. The number of nitrogen functional groups attached to an aromatic ring is 1. The van der Waals surface area contributed by atoms with Crippen molar-refractivity contribution in [2.24, 2.45) is 0 Å². The molecule has 0 fully saturated rings. The molecule has 0 spiro atoms. The number of nitrogens with one attached hydrogen (secondary N) is 1. The fourth-order valence-corrected chi connectivity index (χ4v) is 1.49. The third-order valence-electron chi connectivity index (χ3n) is 2.41. The fraction of sp³-hybridized carbons (Fsp3) is 0.0769. The summed E-state index contributed by atoms with van der Waals surface area (Å²) in [5.41, 5.74) is 8.89. The fourth-order valence-electron chi connectivity index (χ4n) is 1.49. The number of hydrogen-bond donors (Lipinski definition) is 2. The largest absolute Gasteiger partial charge is 0.398 e. The van der Waals surface area contributed by atoms with E-state index in [1.807, 2.05) is 36.4 Å². The van der Waals surface area contributed by atoms with E-state index in [-0.39, 0.29) is 0 Å². The van der Waals surface area contributed by atoms with Crippen LogP contribution < -0.4 is 11.1 Å². The number of aromatic nitrogens is 1. The van der Waals surface area contributed by atoms with Crippen molar-refractivity contribution < 1.29 is 0 Å². The summed E-state index contributed by atoms with van der Waals surface area (Å²) in [5.74, 6) is 0. The number of pyridine rings is 1. The van der Waals surface area contributed by atoms with Crippen LogP contribution in [0.3, 0.4) is 0 Å². The van der Waals surface area contributed by atoms with Crippen LogP contribution >= 0.6 is 0 Å². The molecule has 4 heteroatoms. The normalized spacial score (nSPS) is 9.59. The Morgan fingerprint density at radius 2 is 2.12 bits per heavy atom. The third kappa shape index (κ3) is 2.73. The lowest BCUT2D eigenvalue weighted by atomic mass is 10.2. The lowest BCUT2D eigenvalue weighted by Crippen LogP contribution is -2.03. The summed E-state index contributed by atoms with van der Waals surface area (Å²) >= 11 is 0. The summed E-state index contributed by atoms with van der Waals surface area (Å²) in [4.78, 5) is 3.90. The molecule has 0 saturated carbocycles. The number of nitriles is 1. The zero-order valence-corrected chi connectivity index (χ0v) is 9.22. The van der Waals surface area contributed by atoms with Crippen LogP contribution in [0.2, 0.25) is 0 Å². The number of nitrogens with two attached hydrogens (primary N) is 1. The standard InChI is InChI=1S/C13H12N4/c14-8-12-7-11(5-6-16-12)17-9-10-3-1-2-4-13(10)15/h1-7H,9,15H2,(H,16,17). The molecule has 1 heterocycles. The Bertz CT molecular complexity index is 557. The number of para-hydroxylation sites is 1. The zero-order valence-electron chi connectivity index (χ0n) is 9.22. The molecule has 2 rings (SSSR count). The molecule has 0 unspecified atom stereocenters. The van der Waals surface area contributed by atoms with Gasteiger partial charge < -0.3 is 11.1 Å². The highest BCUT2D eigenvalue weighted by molar-refractivity contribution is 5.51. The monoisotopic (exact) mass is 224 g/mol. The van der Waals surface area contributed by atoms with Gasteiger partial charge in [0.15, 0.2) is 0 Å². The van der Waals surface area contributed by atoms with Crippen LogP contribution in [0.15, 0.2) is 42.6 Å². The van der Waals surface area contributed by atoms with E-state index in [0.29, 0.717) is 12.2 Å². The summed E-state index contributed by atoms with van der Waals surface area (Å²) in [6.07, 6.45) is 1.61. The van der Waals surface area contributed by atoms with E-state index >= 15 is 0 Å². The first-order valence-electron chi connectivity index (χ1n) is 5.23. The maximum Gasteiger partial charge on any atom is 0.142 e. The lowest BCUT2D eigenvalue weighted by molar-refractivity contribution is 1.14. The van der Waals surface area contributed by atoms with Gasteiger partial charge in [0.2, 0.25) is 0 Å². The minimum atomic E-state index is 0.399. The van der Waals surface area contributed by atoms with Gasteiger partial charge in [-0.25, -0.2) is 4.98 Å². The van der Waals surface area contributed by atoms with Crippen LogP contribution in [-0.2, 0) is 6.54 Å². The van der Waals surface area contributed by atoms with Crippen LogP contribution in [0.25, 0.3) is 0 Å². The smallest absolute Gasteiger partial charge is 0.142 e. The van der Waals surface area contributed by atoms with Gasteiger partial charge in [0.1, 0.15) is 11.8 Å². The van der Waals surface area contributed by atoms with E-state index in [2.05, 4.69) is 10.3 Å². The number of hydrogen-bond acceptors (Lipinski definition) is 4. The molecule has 0 aliphatic rings. The molecule has 0 saturated heterocycles. The van der Waals surface area contributed by atoms with E-state index in [9.17, 15) is 0 Å². The highest BCUT2D eigenvalue weighted by Crippen LogP contribution is 2.14. The van der Waals surface area contributed by atoms with E-state index in [0.717, 1.165) is 16.9 Å². The van der Waals surface area contributed by atoms with E-state index in [1.165, 1.54) is 0 Å². The first-order chi connectivity index (χ1) is 8.29. The van der Waals surface area contributed by atoms with Crippen LogP contribution in [0, 0.1) is 11.3 Å². The number of nitrogens with zero attached hydrogens (tertiary/aromatic N) is 2. The van der Waals surface area contributed by atoms with Gasteiger partial charge in [-0.3, -0.25) is 0 Å². The highest BCUT2D eigenvalue weighted by Gasteiger charge is 1.99. The van der Waals surface area contributed by atoms with Gasteiger partial charge in [0, 0.05) is 24.1 Å². The van der Waals surface area contributed by atoms with Gasteiger partial charge in [-0.2, -0.15) is 5.26 Å². The average molecular weight is 224 g/mol. The lowest BCUT2D eigenvalue weighted by Gasteiger charge is -2.08. The van der Waals surface area contributed by atoms with E-state index in [1.54, 1.807) is 12.3 Å². The second kappa shape index (κ2) is 4.99. The molecule has 0 atom stereocenters. The van der Waals surface area contributed by atoms with Gasteiger partial charge in [0.05, 0.1) is 0 Å². The molecule has 0 radical (unpaired) electrons. The van der Waals surface area contributed by atoms with Crippen LogP contribution in [0.1, 0.15) is 11.3 Å². The van der Waals surface area contributed by atoms with Crippen LogP contribution in [-0.4, -0.2) is 4.98 Å². The molecule has 84 valence electrons. The van der Waals surface area contributed by atoms with Crippen molar-refractivity contribution >= 4 is 11.4 Å². The second-order valence-electron chi connectivity index (χ2n) is 3.59. The topological polar surface area (TPSA) is 74.7 Å². The first kappa shape index (κ1) is 11.0. The van der Waals surface area contributed by atoms with Gasteiger partial charge in [-0.15, -0.1) is 0 Å². The molecular formula is C13H12N4. The Morgan fingerprint density at radius 3 is 2.88 bits per heavy atom. The third-order valence-corrected chi connectivity index (χ3v) is 2.41. The Balaban J connectivity index is 2.08. The Morgan fingerprint density at radius 1 is 1.29 bits per heavy atom. The molecule has 1 aromatic heterocycles. The highest BCUT2D eigenvalue weighted by atomic mass is 14.9. The number of anilines is 2. The summed E-state index contributed by atoms with van der Waals surface area (Å²) in [6.45, 7) is 0.627. The zero-order chi connectivity index (χ0) is 12.1. The second-order valence-corrected chi connectivity index (χ2v) is 3.59. The molecule has 17 heavy (non-hydrogen) atoms. The predicted octanol–water partition coefficient (Wildman–Crippen LogP) is 2.15. The van der Waals surface area contributed by atoms with Crippen molar-refractivity contribution in [3.63, 3.8) is 0 Å². The molecule has 0 aliphatic heterocycles. The van der Waals surface area contributed by atoms with Gasteiger partial charge in [-0.05, 0) is 23.8 Å². The summed E-state index contributed by atoms with van der Waals surface area (Å²) in [5, 5.41) is 11.9. The van der Waals surface area contributed by atoms with Gasteiger partial charge >= 0.3 is 0 Å². The van der Waals surface area contributed by atoms with E-state index < -0.39 is 0 Å². The van der Waals surface area contributed by atoms with Crippen LogP contribution in [0.5, 0.6) is 0 Å². The molecule has 1 aromatic carbocycles. The predicted molar refractivity (Wildman–Crippen MR) is 67.1 cm³/mol. The quantitative estimate of drug-likeness (QED) is 0.783. The first-order valence-corrected chi connectivity index (χ1v) is 5.23. The summed E-state index contributed by atoms with van der Waals surface area (Å²) in [6, 6.07) is 13.2. The maximum absolute atomic E-state index is 8.73. The molecule has 0 aliphatic carbocycles. The molecule has 0 amide bonds. The van der Waals surface area contributed by atoms with Crippen molar-refractivity contribution in [1.82, 2.24) is 4.98 Å². The van der Waals surface area contributed by atoms with Crippen LogP contribution in [0.4, 0.5) is 11.4 Å². The average Bonchev–Trinajstić information content (AvgIpc) is 2.38. The minimum Gasteiger partial charge on any atom is -0.398 e. The minimum absolute atomic E-state index is 0.399. The van der Waals surface area contributed by atoms with Gasteiger partial charge in [0.25, 0.3) is 0 Å². The maximum atomic E-state index is 8.73. The SMILES string of the molecule is N#Cc1cc(NCc2ccccc2N)ccn1. The Labute approximate surface area is 99.7 Å². The van der Waals surface area contributed by atoms with Crippen molar-refractivity contribution in [3.8, 4) is 6.07 Å². The number of rotatable bonds is 3. The Hall–Kier alpha value is -2.54. The molecule has 0 bridgehead atoms. The Kier molecular flexibility index (Phi) is 3.22. The van der Waals surface area contributed by atoms with Crippen molar-refractivity contribution in [2.75, 3.05) is 11.1 Å². The summed E-state index contributed by atoms with van der Waals surface area (Å²) in [7, 11) is 0. The number of benzene rings is 1. The molecule has 2 aromatic rings.